The summed E-state index contributed by atoms with van der Waals surface area (Å²) in [6.45, 7) is 6.00. The van der Waals surface area contributed by atoms with Crippen LogP contribution in [0.5, 0.6) is 0 Å². The van der Waals surface area contributed by atoms with E-state index in [4.69, 9.17) is 0 Å². The number of nitrogens with zero attached hydrogens (tertiary/aromatic N) is 1. The van der Waals surface area contributed by atoms with Crippen LogP contribution in [0.3, 0.4) is 0 Å². The number of carbonyl (C=O) groups is 1. The standard InChI is InChI=1S/C15H17NO/c1-4-10(2)15(17)14-9-11(3)12-7-5-6-8-13(12)16-14/h5-10H,4H2,1-3H3. The lowest BCUT2D eigenvalue weighted by Gasteiger charge is -2.09. The molecule has 0 amide bonds. The third-order valence-corrected chi connectivity index (χ3v) is 3.24. The molecule has 2 nitrogen and oxygen atoms in total. The van der Waals surface area contributed by atoms with Gasteiger partial charge in [0, 0.05) is 11.3 Å². The molecule has 1 aromatic heterocycles. The molecule has 2 rings (SSSR count). The molecule has 0 saturated carbocycles. The van der Waals surface area contributed by atoms with Gasteiger partial charge in [-0.2, -0.15) is 0 Å². The lowest BCUT2D eigenvalue weighted by molar-refractivity contribution is 0.0922. The van der Waals surface area contributed by atoms with Gasteiger partial charge in [-0.15, -0.1) is 0 Å². The Labute approximate surface area is 102 Å². The van der Waals surface area contributed by atoms with E-state index in [-0.39, 0.29) is 11.7 Å². The monoisotopic (exact) mass is 227 g/mol. The van der Waals surface area contributed by atoms with Crippen molar-refractivity contribution in [1.29, 1.82) is 0 Å². The van der Waals surface area contributed by atoms with Crippen molar-refractivity contribution in [1.82, 2.24) is 4.98 Å². The number of pyridine rings is 1. The molecule has 0 fully saturated rings. The molecule has 1 heterocycles. The van der Waals surface area contributed by atoms with E-state index < -0.39 is 0 Å². The molecule has 0 aliphatic heterocycles. The molecule has 88 valence electrons. The molecule has 0 radical (unpaired) electrons. The summed E-state index contributed by atoms with van der Waals surface area (Å²) in [6.07, 6.45) is 0.854. The maximum Gasteiger partial charge on any atom is 0.183 e. The Morgan fingerprint density at radius 3 is 2.76 bits per heavy atom. The number of aryl methyl sites for hydroxylation is 1. The van der Waals surface area contributed by atoms with Crippen molar-refractivity contribution in [2.75, 3.05) is 0 Å². The molecule has 1 unspecified atom stereocenters. The molecule has 0 N–H and O–H groups in total. The van der Waals surface area contributed by atoms with Gasteiger partial charge < -0.3 is 0 Å². The average molecular weight is 227 g/mol. The summed E-state index contributed by atoms with van der Waals surface area (Å²) in [4.78, 5) is 16.6. The second kappa shape index (κ2) is 4.66. The third kappa shape index (κ3) is 2.21. The molecule has 2 heteroatoms. The Kier molecular flexibility index (Phi) is 3.23. The van der Waals surface area contributed by atoms with Crippen molar-refractivity contribution < 1.29 is 4.79 Å². The van der Waals surface area contributed by atoms with Crippen molar-refractivity contribution >= 4 is 16.7 Å². The van der Waals surface area contributed by atoms with Gasteiger partial charge in [0.05, 0.1) is 5.52 Å². The van der Waals surface area contributed by atoms with Crippen LogP contribution in [0.2, 0.25) is 0 Å². The number of hydrogen-bond acceptors (Lipinski definition) is 2. The predicted molar refractivity (Wildman–Crippen MR) is 70.3 cm³/mol. The minimum Gasteiger partial charge on any atom is -0.292 e. The van der Waals surface area contributed by atoms with Gasteiger partial charge in [-0.3, -0.25) is 4.79 Å². The van der Waals surface area contributed by atoms with E-state index in [2.05, 4.69) is 4.98 Å². The quantitative estimate of drug-likeness (QED) is 0.747. The number of rotatable bonds is 3. The van der Waals surface area contributed by atoms with Crippen LogP contribution in [0.1, 0.15) is 36.3 Å². The molecule has 0 aliphatic rings. The first-order chi connectivity index (χ1) is 8.13. The summed E-state index contributed by atoms with van der Waals surface area (Å²) in [6, 6.07) is 9.83. The number of Topliss-reactive ketones (excluding diaryl/α,β-unsaturated/α-hetero) is 1. The van der Waals surface area contributed by atoms with Gasteiger partial charge in [0.15, 0.2) is 5.78 Å². The van der Waals surface area contributed by atoms with Crippen molar-refractivity contribution in [3.8, 4) is 0 Å². The van der Waals surface area contributed by atoms with Crippen LogP contribution < -0.4 is 0 Å². The number of aromatic nitrogens is 1. The van der Waals surface area contributed by atoms with E-state index in [1.165, 1.54) is 0 Å². The highest BCUT2D eigenvalue weighted by Crippen LogP contribution is 2.19. The Bertz CT molecular complexity index is 560. The van der Waals surface area contributed by atoms with Gasteiger partial charge in [-0.05, 0) is 31.0 Å². The Morgan fingerprint density at radius 1 is 1.35 bits per heavy atom. The number of carbonyl (C=O) groups excluding carboxylic acids is 1. The van der Waals surface area contributed by atoms with Crippen LogP contribution in [0.4, 0.5) is 0 Å². The predicted octanol–water partition coefficient (Wildman–Crippen LogP) is 3.77. The van der Waals surface area contributed by atoms with Crippen molar-refractivity contribution in [2.24, 2.45) is 5.92 Å². The van der Waals surface area contributed by atoms with E-state index >= 15 is 0 Å². The fourth-order valence-electron chi connectivity index (χ4n) is 1.91. The first-order valence-corrected chi connectivity index (χ1v) is 6.04. The summed E-state index contributed by atoms with van der Waals surface area (Å²) in [7, 11) is 0. The Balaban J connectivity index is 2.54. The fourth-order valence-corrected chi connectivity index (χ4v) is 1.91. The van der Waals surface area contributed by atoms with Crippen LogP contribution in [-0.2, 0) is 0 Å². The molecular weight excluding hydrogens is 210 g/mol. The normalized spacial score (nSPS) is 12.6. The largest absolute Gasteiger partial charge is 0.292 e. The molecule has 2 aromatic rings. The molecule has 0 bridgehead atoms. The van der Waals surface area contributed by atoms with E-state index in [1.807, 2.05) is 51.1 Å². The summed E-state index contributed by atoms with van der Waals surface area (Å²) in [5.41, 5.74) is 2.61. The number of ketones is 1. The highest BCUT2D eigenvalue weighted by atomic mass is 16.1. The minimum atomic E-state index is 0.0445. The van der Waals surface area contributed by atoms with Gasteiger partial charge in [0.2, 0.25) is 0 Å². The van der Waals surface area contributed by atoms with Crippen molar-refractivity contribution in [3.63, 3.8) is 0 Å². The van der Waals surface area contributed by atoms with Gasteiger partial charge in [-0.1, -0.05) is 32.0 Å². The summed E-state index contributed by atoms with van der Waals surface area (Å²) in [5, 5.41) is 1.12. The zero-order valence-electron chi connectivity index (χ0n) is 10.5. The summed E-state index contributed by atoms with van der Waals surface area (Å²) in [5.74, 6) is 0.185. The Hall–Kier alpha value is -1.70. The first-order valence-electron chi connectivity index (χ1n) is 6.04. The summed E-state index contributed by atoms with van der Waals surface area (Å²) >= 11 is 0. The van der Waals surface area contributed by atoms with Crippen LogP contribution in [0.25, 0.3) is 10.9 Å². The third-order valence-electron chi connectivity index (χ3n) is 3.24. The van der Waals surface area contributed by atoms with E-state index in [1.54, 1.807) is 0 Å². The van der Waals surface area contributed by atoms with Gasteiger partial charge in [-0.25, -0.2) is 4.98 Å². The highest BCUT2D eigenvalue weighted by Gasteiger charge is 2.15. The number of fused-ring (bicyclic) bond motifs is 1. The lowest BCUT2D eigenvalue weighted by atomic mass is 9.99. The summed E-state index contributed by atoms with van der Waals surface area (Å²) < 4.78 is 0. The molecule has 0 aliphatic carbocycles. The molecule has 1 aromatic carbocycles. The van der Waals surface area contributed by atoms with E-state index in [9.17, 15) is 4.79 Å². The smallest absolute Gasteiger partial charge is 0.183 e. The second-order valence-corrected chi connectivity index (χ2v) is 4.52. The maximum absolute atomic E-state index is 12.1. The van der Waals surface area contributed by atoms with Crippen LogP contribution in [-0.4, -0.2) is 10.8 Å². The molecule has 0 spiro atoms. The van der Waals surface area contributed by atoms with Crippen LogP contribution in [0.15, 0.2) is 30.3 Å². The minimum absolute atomic E-state index is 0.0445. The topological polar surface area (TPSA) is 30.0 Å². The fraction of sp³-hybridized carbons (Fsp3) is 0.333. The Morgan fingerprint density at radius 2 is 2.06 bits per heavy atom. The van der Waals surface area contributed by atoms with E-state index in [0.29, 0.717) is 5.69 Å². The SMILES string of the molecule is CCC(C)C(=O)c1cc(C)c2ccccc2n1. The van der Waals surface area contributed by atoms with Crippen molar-refractivity contribution in [2.45, 2.75) is 27.2 Å². The zero-order valence-corrected chi connectivity index (χ0v) is 10.5. The molecular formula is C15H17NO. The maximum atomic E-state index is 12.1. The average Bonchev–Trinajstić information content (AvgIpc) is 2.37. The lowest BCUT2D eigenvalue weighted by Crippen LogP contribution is -2.12. The number of benzene rings is 1. The van der Waals surface area contributed by atoms with Gasteiger partial charge >= 0.3 is 0 Å². The highest BCUT2D eigenvalue weighted by molar-refractivity contribution is 5.98. The van der Waals surface area contributed by atoms with Crippen LogP contribution in [0, 0.1) is 12.8 Å². The zero-order chi connectivity index (χ0) is 12.4. The van der Waals surface area contributed by atoms with Crippen molar-refractivity contribution in [3.05, 3.63) is 41.6 Å². The van der Waals surface area contributed by atoms with Gasteiger partial charge in [0.25, 0.3) is 0 Å². The van der Waals surface area contributed by atoms with Gasteiger partial charge in [0.1, 0.15) is 5.69 Å². The van der Waals surface area contributed by atoms with E-state index in [0.717, 1.165) is 22.9 Å². The first kappa shape index (κ1) is 11.8. The number of para-hydroxylation sites is 1. The van der Waals surface area contributed by atoms with Crippen LogP contribution >= 0.6 is 0 Å². The molecule has 17 heavy (non-hydrogen) atoms. The second-order valence-electron chi connectivity index (χ2n) is 4.52. The molecule has 0 saturated heterocycles. The molecule has 1 atom stereocenters. The number of hydrogen-bond donors (Lipinski definition) is 0.